The quantitative estimate of drug-likeness (QED) is 0.788. The SMILES string of the molecule is Cn1c(COc2ccccc2Cl)cc2cccc(C(=O)O)c21. The lowest BCUT2D eigenvalue weighted by Gasteiger charge is -2.09. The van der Waals surface area contributed by atoms with Gasteiger partial charge in [0, 0.05) is 12.4 Å². The summed E-state index contributed by atoms with van der Waals surface area (Å²) in [5.41, 5.74) is 1.85. The summed E-state index contributed by atoms with van der Waals surface area (Å²) in [4.78, 5) is 11.3. The molecule has 0 radical (unpaired) electrons. The van der Waals surface area contributed by atoms with E-state index >= 15 is 0 Å². The molecule has 0 amide bonds. The van der Waals surface area contributed by atoms with Gasteiger partial charge in [0.15, 0.2) is 0 Å². The van der Waals surface area contributed by atoms with Gasteiger partial charge in [0.05, 0.1) is 21.8 Å². The number of benzene rings is 2. The van der Waals surface area contributed by atoms with Gasteiger partial charge in [-0.1, -0.05) is 35.9 Å². The summed E-state index contributed by atoms with van der Waals surface area (Å²) in [7, 11) is 1.83. The van der Waals surface area contributed by atoms with Gasteiger partial charge < -0.3 is 14.4 Å². The molecule has 0 bridgehead atoms. The maximum Gasteiger partial charge on any atom is 0.337 e. The predicted molar refractivity (Wildman–Crippen MR) is 85.7 cm³/mol. The van der Waals surface area contributed by atoms with Crippen molar-refractivity contribution in [2.24, 2.45) is 7.05 Å². The fourth-order valence-corrected chi connectivity index (χ4v) is 2.69. The average molecular weight is 316 g/mol. The highest BCUT2D eigenvalue weighted by molar-refractivity contribution is 6.32. The van der Waals surface area contributed by atoms with Crippen LogP contribution in [0, 0.1) is 0 Å². The minimum absolute atomic E-state index is 0.281. The Bertz CT molecular complexity index is 854. The monoisotopic (exact) mass is 315 g/mol. The van der Waals surface area contributed by atoms with Gasteiger partial charge in [-0.15, -0.1) is 0 Å². The van der Waals surface area contributed by atoms with Gasteiger partial charge in [-0.2, -0.15) is 0 Å². The first-order chi connectivity index (χ1) is 10.6. The summed E-state index contributed by atoms with van der Waals surface area (Å²) >= 11 is 6.07. The Morgan fingerprint density at radius 1 is 1.23 bits per heavy atom. The topological polar surface area (TPSA) is 51.5 Å². The second kappa shape index (κ2) is 5.73. The minimum Gasteiger partial charge on any atom is -0.486 e. The van der Waals surface area contributed by atoms with Gasteiger partial charge >= 0.3 is 5.97 Å². The highest BCUT2D eigenvalue weighted by Gasteiger charge is 2.14. The van der Waals surface area contributed by atoms with Crippen LogP contribution < -0.4 is 4.74 Å². The van der Waals surface area contributed by atoms with Gasteiger partial charge in [0.25, 0.3) is 0 Å². The van der Waals surface area contributed by atoms with Crippen LogP contribution in [0.4, 0.5) is 0 Å². The van der Waals surface area contributed by atoms with E-state index in [0.29, 0.717) is 22.9 Å². The Labute approximate surface area is 132 Å². The van der Waals surface area contributed by atoms with Crippen molar-refractivity contribution in [3.63, 3.8) is 0 Å². The fraction of sp³-hybridized carbons (Fsp3) is 0.118. The molecule has 0 atom stereocenters. The van der Waals surface area contributed by atoms with Crippen molar-refractivity contribution >= 4 is 28.5 Å². The largest absolute Gasteiger partial charge is 0.486 e. The first-order valence-corrected chi connectivity index (χ1v) is 7.13. The molecule has 1 heterocycles. The zero-order valence-corrected chi connectivity index (χ0v) is 12.7. The molecule has 0 aliphatic carbocycles. The van der Waals surface area contributed by atoms with E-state index < -0.39 is 5.97 Å². The summed E-state index contributed by atoms with van der Waals surface area (Å²) in [6.45, 7) is 0.313. The van der Waals surface area contributed by atoms with Crippen molar-refractivity contribution < 1.29 is 14.6 Å². The highest BCUT2D eigenvalue weighted by Crippen LogP contribution is 2.26. The number of hydrogen-bond donors (Lipinski definition) is 1. The van der Waals surface area contributed by atoms with Crippen molar-refractivity contribution in [1.29, 1.82) is 0 Å². The first-order valence-electron chi connectivity index (χ1n) is 6.76. The van der Waals surface area contributed by atoms with Gasteiger partial charge in [0.2, 0.25) is 0 Å². The lowest BCUT2D eigenvalue weighted by Crippen LogP contribution is -2.05. The number of aryl methyl sites for hydroxylation is 1. The Morgan fingerprint density at radius 2 is 2.00 bits per heavy atom. The number of fused-ring (bicyclic) bond motifs is 1. The zero-order chi connectivity index (χ0) is 15.7. The Kier molecular flexibility index (Phi) is 3.77. The number of nitrogens with zero attached hydrogens (tertiary/aromatic N) is 1. The van der Waals surface area contributed by atoms with Crippen molar-refractivity contribution in [3.8, 4) is 5.75 Å². The number of aromatic carboxylic acids is 1. The van der Waals surface area contributed by atoms with E-state index in [1.165, 1.54) is 0 Å². The number of carboxylic acid groups (broad SMARTS) is 1. The molecule has 1 aromatic heterocycles. The second-order valence-corrected chi connectivity index (χ2v) is 5.37. The van der Waals surface area contributed by atoms with E-state index in [1.54, 1.807) is 24.3 Å². The van der Waals surface area contributed by atoms with Crippen molar-refractivity contribution in [2.45, 2.75) is 6.61 Å². The smallest absolute Gasteiger partial charge is 0.337 e. The third-order valence-electron chi connectivity index (χ3n) is 3.60. The van der Waals surface area contributed by atoms with E-state index in [2.05, 4.69) is 0 Å². The van der Waals surface area contributed by atoms with Crippen LogP contribution in [-0.4, -0.2) is 15.6 Å². The predicted octanol–water partition coefficient (Wildman–Crippen LogP) is 4.11. The van der Waals surface area contributed by atoms with Crippen molar-refractivity contribution in [2.75, 3.05) is 0 Å². The molecule has 112 valence electrons. The lowest BCUT2D eigenvalue weighted by atomic mass is 10.1. The molecule has 22 heavy (non-hydrogen) atoms. The summed E-state index contributed by atoms with van der Waals surface area (Å²) in [5, 5.41) is 10.7. The van der Waals surface area contributed by atoms with E-state index in [0.717, 1.165) is 11.1 Å². The number of aromatic nitrogens is 1. The molecule has 4 nitrogen and oxygen atoms in total. The van der Waals surface area contributed by atoms with Crippen LogP contribution in [0.25, 0.3) is 10.9 Å². The molecule has 0 aliphatic rings. The molecular weight excluding hydrogens is 302 g/mol. The van der Waals surface area contributed by atoms with E-state index in [4.69, 9.17) is 16.3 Å². The van der Waals surface area contributed by atoms with Crippen molar-refractivity contribution in [1.82, 2.24) is 4.57 Å². The molecule has 0 saturated heterocycles. The van der Waals surface area contributed by atoms with Crippen LogP contribution in [0.1, 0.15) is 16.1 Å². The van der Waals surface area contributed by atoms with E-state index in [1.807, 2.05) is 35.9 Å². The minimum atomic E-state index is -0.939. The zero-order valence-electron chi connectivity index (χ0n) is 11.9. The average Bonchev–Trinajstić information content (AvgIpc) is 2.83. The van der Waals surface area contributed by atoms with Crippen molar-refractivity contribution in [3.05, 3.63) is 64.8 Å². The number of para-hydroxylation sites is 2. The Balaban J connectivity index is 1.95. The third kappa shape index (κ3) is 2.53. The number of hydrogen-bond acceptors (Lipinski definition) is 2. The van der Waals surface area contributed by atoms with Gasteiger partial charge in [0.1, 0.15) is 12.4 Å². The maximum atomic E-state index is 11.3. The summed E-state index contributed by atoms with van der Waals surface area (Å²) in [5.74, 6) is -0.335. The van der Waals surface area contributed by atoms with Gasteiger partial charge in [-0.05, 0) is 24.3 Å². The number of carboxylic acids is 1. The Hall–Kier alpha value is -2.46. The number of carbonyl (C=O) groups is 1. The molecule has 2 aromatic carbocycles. The third-order valence-corrected chi connectivity index (χ3v) is 3.91. The molecule has 0 aliphatic heterocycles. The molecule has 0 unspecified atom stereocenters. The molecule has 3 rings (SSSR count). The molecule has 1 N–H and O–H groups in total. The standard InChI is InChI=1S/C17H14ClNO3/c1-19-12(10-22-15-8-3-2-7-14(15)18)9-11-5-4-6-13(16(11)19)17(20)21/h2-9H,10H2,1H3,(H,20,21). The number of rotatable bonds is 4. The van der Waals surface area contributed by atoms with Crippen LogP contribution in [0.2, 0.25) is 5.02 Å². The first kappa shape index (κ1) is 14.5. The van der Waals surface area contributed by atoms with Crippen LogP contribution in [0.15, 0.2) is 48.5 Å². The maximum absolute atomic E-state index is 11.3. The van der Waals surface area contributed by atoms with Crippen LogP contribution in [-0.2, 0) is 13.7 Å². The number of halogens is 1. The van der Waals surface area contributed by atoms with E-state index in [-0.39, 0.29) is 5.56 Å². The van der Waals surface area contributed by atoms with E-state index in [9.17, 15) is 9.90 Å². The van der Waals surface area contributed by atoms with Crippen LogP contribution >= 0.6 is 11.6 Å². The Morgan fingerprint density at radius 3 is 2.73 bits per heavy atom. The molecule has 5 heteroatoms. The normalized spacial score (nSPS) is 10.8. The molecular formula is C17H14ClNO3. The summed E-state index contributed by atoms with van der Waals surface area (Å²) in [6, 6.07) is 14.4. The fourth-order valence-electron chi connectivity index (χ4n) is 2.50. The highest BCUT2D eigenvalue weighted by atomic mass is 35.5. The molecule has 3 aromatic rings. The molecule has 0 fully saturated rings. The lowest BCUT2D eigenvalue weighted by molar-refractivity contribution is 0.0698. The summed E-state index contributed by atoms with van der Waals surface area (Å²) in [6.07, 6.45) is 0. The molecule has 0 spiro atoms. The molecule has 0 saturated carbocycles. The van der Waals surface area contributed by atoms with Crippen LogP contribution in [0.5, 0.6) is 5.75 Å². The van der Waals surface area contributed by atoms with Crippen LogP contribution in [0.3, 0.4) is 0 Å². The second-order valence-electron chi connectivity index (χ2n) is 4.96. The number of ether oxygens (including phenoxy) is 1. The van der Waals surface area contributed by atoms with Gasteiger partial charge in [-0.3, -0.25) is 0 Å². The summed E-state index contributed by atoms with van der Waals surface area (Å²) < 4.78 is 7.58. The van der Waals surface area contributed by atoms with Gasteiger partial charge in [-0.25, -0.2) is 4.79 Å².